The molecule has 0 spiro atoms. The van der Waals surface area contributed by atoms with Gasteiger partial charge in [-0.3, -0.25) is 4.79 Å². The van der Waals surface area contributed by atoms with Crippen molar-refractivity contribution < 1.29 is 4.74 Å². The molecule has 0 aliphatic carbocycles. The van der Waals surface area contributed by atoms with E-state index in [1.165, 1.54) is 5.56 Å². The average Bonchev–Trinajstić information content (AvgIpc) is 3.00. The Labute approximate surface area is 126 Å². The predicted octanol–water partition coefficient (Wildman–Crippen LogP) is 3.63. The van der Waals surface area contributed by atoms with Crippen LogP contribution >= 0.6 is 11.3 Å². The molecular weight excluding hydrogens is 282 g/mol. The average molecular weight is 297 g/mol. The van der Waals surface area contributed by atoms with Crippen LogP contribution in [0.4, 0.5) is 0 Å². The van der Waals surface area contributed by atoms with E-state index in [0.717, 1.165) is 28.9 Å². The first-order valence-electron chi connectivity index (χ1n) is 7.11. The van der Waals surface area contributed by atoms with E-state index < -0.39 is 0 Å². The van der Waals surface area contributed by atoms with Crippen LogP contribution in [0.2, 0.25) is 0 Å². The molecule has 3 heterocycles. The number of aromatic nitrogens is 1. The van der Waals surface area contributed by atoms with Crippen LogP contribution in [0.3, 0.4) is 0 Å². The maximum Gasteiger partial charge on any atom is 0.259 e. The lowest BCUT2D eigenvalue weighted by molar-refractivity contribution is 0.258. The molecule has 1 aliphatic heterocycles. The maximum absolute atomic E-state index is 12.5. The van der Waals surface area contributed by atoms with Crippen molar-refractivity contribution in [2.45, 2.75) is 18.9 Å². The Morgan fingerprint density at radius 3 is 3.10 bits per heavy atom. The van der Waals surface area contributed by atoms with Crippen LogP contribution in [0.25, 0.3) is 10.1 Å². The van der Waals surface area contributed by atoms with Gasteiger partial charge in [0.2, 0.25) is 0 Å². The van der Waals surface area contributed by atoms with Gasteiger partial charge in [-0.25, -0.2) is 0 Å². The number of thiophene rings is 1. The molecule has 0 radical (unpaired) electrons. The van der Waals surface area contributed by atoms with Gasteiger partial charge in [0, 0.05) is 23.4 Å². The number of rotatable bonds is 2. The number of benzene rings is 1. The molecule has 2 aromatic heterocycles. The molecule has 1 unspecified atom stereocenters. The van der Waals surface area contributed by atoms with Crippen LogP contribution < -0.4 is 10.3 Å². The second-order valence-electron chi connectivity index (χ2n) is 5.34. The maximum atomic E-state index is 12.5. The molecule has 1 atom stereocenters. The second-order valence-corrected chi connectivity index (χ2v) is 6.29. The van der Waals surface area contributed by atoms with Crippen molar-refractivity contribution in [2.24, 2.45) is 0 Å². The normalized spacial score (nSPS) is 17.4. The molecule has 1 aliphatic rings. The number of nitrogens with zero attached hydrogens (tertiary/aromatic N) is 1. The summed E-state index contributed by atoms with van der Waals surface area (Å²) in [5.74, 6) is 1.29. The number of pyridine rings is 1. The summed E-state index contributed by atoms with van der Waals surface area (Å²) >= 11 is 1.61. The Hall–Kier alpha value is -2.07. The molecule has 0 N–H and O–H groups in total. The largest absolute Gasteiger partial charge is 0.493 e. The van der Waals surface area contributed by atoms with Gasteiger partial charge in [0.05, 0.1) is 12.0 Å². The molecule has 106 valence electrons. The Kier molecular flexibility index (Phi) is 3.04. The summed E-state index contributed by atoms with van der Waals surface area (Å²) in [7, 11) is 0. The molecule has 4 rings (SSSR count). The number of ether oxygens (including phenoxy) is 1. The van der Waals surface area contributed by atoms with E-state index in [2.05, 4.69) is 6.07 Å². The zero-order valence-electron chi connectivity index (χ0n) is 11.5. The van der Waals surface area contributed by atoms with Crippen LogP contribution in [0.5, 0.6) is 5.75 Å². The van der Waals surface area contributed by atoms with E-state index in [-0.39, 0.29) is 5.56 Å². The van der Waals surface area contributed by atoms with Crippen LogP contribution in [-0.4, -0.2) is 11.2 Å². The highest BCUT2D eigenvalue weighted by molar-refractivity contribution is 7.17. The van der Waals surface area contributed by atoms with Gasteiger partial charge in [0.15, 0.2) is 0 Å². The van der Waals surface area contributed by atoms with Gasteiger partial charge >= 0.3 is 0 Å². The van der Waals surface area contributed by atoms with Crippen molar-refractivity contribution in [1.29, 1.82) is 0 Å². The second kappa shape index (κ2) is 5.04. The molecule has 0 saturated carbocycles. The molecule has 1 aromatic carbocycles. The predicted molar refractivity (Wildman–Crippen MR) is 85.4 cm³/mol. The summed E-state index contributed by atoms with van der Waals surface area (Å²) in [6.45, 7) is 1.43. The van der Waals surface area contributed by atoms with Crippen molar-refractivity contribution in [3.8, 4) is 5.75 Å². The van der Waals surface area contributed by atoms with Gasteiger partial charge in [-0.05, 0) is 35.6 Å². The molecule has 3 nitrogen and oxygen atoms in total. The summed E-state index contributed by atoms with van der Waals surface area (Å²) < 4.78 is 8.59. The highest BCUT2D eigenvalue weighted by atomic mass is 32.1. The molecule has 3 aromatic rings. The Bertz CT molecular complexity index is 849. The topological polar surface area (TPSA) is 31.2 Å². The molecule has 0 bridgehead atoms. The van der Waals surface area contributed by atoms with Gasteiger partial charge in [-0.1, -0.05) is 18.2 Å². The monoisotopic (exact) mass is 297 g/mol. The standard InChI is InChI=1S/C17H15NO2S/c19-17-14-7-10-21-16(14)5-8-18(17)11-12-6-9-20-15-4-2-1-3-13(12)15/h1-5,7-8,10,12H,6,9,11H2. The fourth-order valence-corrected chi connectivity index (χ4v) is 3.77. The third kappa shape index (κ3) is 2.16. The minimum atomic E-state index is 0.109. The van der Waals surface area contributed by atoms with Crippen molar-refractivity contribution >= 4 is 21.4 Å². The van der Waals surface area contributed by atoms with Crippen LogP contribution in [0.15, 0.2) is 52.8 Å². The fourth-order valence-electron chi connectivity index (χ4n) is 2.99. The third-order valence-corrected chi connectivity index (χ3v) is 4.97. The Morgan fingerprint density at radius 1 is 1.24 bits per heavy atom. The summed E-state index contributed by atoms with van der Waals surface area (Å²) in [6.07, 6.45) is 2.87. The lowest BCUT2D eigenvalue weighted by Gasteiger charge is -2.26. The smallest absolute Gasteiger partial charge is 0.259 e. The van der Waals surface area contributed by atoms with E-state index >= 15 is 0 Å². The zero-order valence-corrected chi connectivity index (χ0v) is 12.3. The van der Waals surface area contributed by atoms with Gasteiger partial charge < -0.3 is 9.30 Å². The summed E-state index contributed by atoms with van der Waals surface area (Å²) in [5.41, 5.74) is 1.32. The van der Waals surface area contributed by atoms with Crippen molar-refractivity contribution in [1.82, 2.24) is 4.57 Å². The van der Waals surface area contributed by atoms with E-state index in [9.17, 15) is 4.79 Å². The van der Waals surface area contributed by atoms with Crippen LogP contribution in [0, 0.1) is 0 Å². The van der Waals surface area contributed by atoms with Crippen LogP contribution in [0.1, 0.15) is 17.9 Å². The molecule has 21 heavy (non-hydrogen) atoms. The van der Waals surface area contributed by atoms with Gasteiger partial charge in [-0.15, -0.1) is 11.3 Å². The van der Waals surface area contributed by atoms with E-state index in [1.54, 1.807) is 11.3 Å². The molecule has 0 amide bonds. The third-order valence-electron chi connectivity index (χ3n) is 4.09. The van der Waals surface area contributed by atoms with E-state index in [1.807, 2.05) is 46.5 Å². The minimum Gasteiger partial charge on any atom is -0.493 e. The quantitative estimate of drug-likeness (QED) is 0.723. The first kappa shape index (κ1) is 12.7. The van der Waals surface area contributed by atoms with Crippen LogP contribution in [-0.2, 0) is 6.54 Å². The first-order chi connectivity index (χ1) is 10.3. The zero-order chi connectivity index (χ0) is 14.2. The highest BCUT2D eigenvalue weighted by Crippen LogP contribution is 2.34. The first-order valence-corrected chi connectivity index (χ1v) is 7.99. The molecule has 4 heteroatoms. The number of para-hydroxylation sites is 1. The highest BCUT2D eigenvalue weighted by Gasteiger charge is 2.21. The molecule has 0 fully saturated rings. The summed E-state index contributed by atoms with van der Waals surface area (Å²) in [4.78, 5) is 12.5. The van der Waals surface area contributed by atoms with Crippen molar-refractivity contribution in [2.75, 3.05) is 6.61 Å². The number of hydrogen-bond acceptors (Lipinski definition) is 3. The van der Waals surface area contributed by atoms with Crippen molar-refractivity contribution in [3.05, 3.63) is 63.9 Å². The summed E-state index contributed by atoms with van der Waals surface area (Å²) in [5, 5.41) is 2.79. The Balaban J connectivity index is 1.72. The van der Waals surface area contributed by atoms with E-state index in [0.29, 0.717) is 12.5 Å². The molecule has 0 saturated heterocycles. The number of fused-ring (bicyclic) bond motifs is 2. The van der Waals surface area contributed by atoms with Crippen molar-refractivity contribution in [3.63, 3.8) is 0 Å². The lowest BCUT2D eigenvalue weighted by Crippen LogP contribution is -2.25. The molecular formula is C17H15NO2S. The fraction of sp³-hybridized carbons (Fsp3) is 0.235. The van der Waals surface area contributed by atoms with E-state index in [4.69, 9.17) is 4.74 Å². The SMILES string of the molecule is O=c1c2ccsc2ccn1CC1CCOc2ccccc21. The van der Waals surface area contributed by atoms with Gasteiger partial charge in [0.25, 0.3) is 5.56 Å². The van der Waals surface area contributed by atoms with Gasteiger partial charge in [0.1, 0.15) is 5.75 Å². The Morgan fingerprint density at radius 2 is 2.14 bits per heavy atom. The summed E-state index contributed by atoms with van der Waals surface area (Å²) in [6, 6.07) is 12.1. The van der Waals surface area contributed by atoms with Gasteiger partial charge in [-0.2, -0.15) is 0 Å². The lowest BCUT2D eigenvalue weighted by atomic mass is 9.93. The minimum absolute atomic E-state index is 0.109. The number of hydrogen-bond donors (Lipinski definition) is 0.